The van der Waals surface area contributed by atoms with Crippen LogP contribution in [0.3, 0.4) is 0 Å². The van der Waals surface area contributed by atoms with E-state index in [-0.39, 0.29) is 17.7 Å². The average Bonchev–Trinajstić information content (AvgIpc) is 3.32. The molecule has 134 valence electrons. The van der Waals surface area contributed by atoms with Crippen molar-refractivity contribution in [1.82, 2.24) is 9.88 Å². The quantitative estimate of drug-likeness (QED) is 0.843. The number of hydrogen-bond donors (Lipinski definition) is 2. The number of carbonyl (C=O) groups is 3. The van der Waals surface area contributed by atoms with Gasteiger partial charge in [-0.1, -0.05) is 0 Å². The van der Waals surface area contributed by atoms with Gasteiger partial charge in [0.05, 0.1) is 11.4 Å². The van der Waals surface area contributed by atoms with Crippen molar-refractivity contribution in [3.63, 3.8) is 0 Å². The van der Waals surface area contributed by atoms with Gasteiger partial charge in [0.15, 0.2) is 5.13 Å². The van der Waals surface area contributed by atoms with Gasteiger partial charge in [0.25, 0.3) is 5.91 Å². The van der Waals surface area contributed by atoms with Crippen molar-refractivity contribution in [2.24, 2.45) is 0 Å². The predicted molar refractivity (Wildman–Crippen MR) is 101 cm³/mol. The van der Waals surface area contributed by atoms with Crippen LogP contribution in [-0.4, -0.2) is 45.9 Å². The van der Waals surface area contributed by atoms with Crippen molar-refractivity contribution >= 4 is 51.6 Å². The van der Waals surface area contributed by atoms with Crippen molar-refractivity contribution in [3.05, 3.63) is 35.3 Å². The number of fused-ring (bicyclic) bond motifs is 1. The molecule has 0 spiro atoms. The summed E-state index contributed by atoms with van der Waals surface area (Å²) in [7, 11) is 0. The van der Waals surface area contributed by atoms with Crippen LogP contribution in [0, 0.1) is 0 Å². The number of thiazole rings is 1. The molecule has 7 nitrogen and oxygen atoms in total. The van der Waals surface area contributed by atoms with Gasteiger partial charge in [-0.3, -0.25) is 14.4 Å². The molecule has 2 aromatic rings. The number of amides is 3. The third-order valence-electron chi connectivity index (χ3n) is 4.34. The summed E-state index contributed by atoms with van der Waals surface area (Å²) in [6.07, 6.45) is 3.02. The smallest absolute Gasteiger partial charge is 0.254 e. The monoisotopic (exact) mass is 388 g/mol. The Kier molecular flexibility index (Phi) is 4.64. The molecule has 4 rings (SSSR count). The normalized spacial score (nSPS) is 19.0. The predicted octanol–water partition coefficient (Wildman–Crippen LogP) is 2.43. The van der Waals surface area contributed by atoms with Crippen molar-refractivity contribution in [2.75, 3.05) is 22.9 Å². The molecule has 9 heteroatoms. The number of aromatic nitrogens is 1. The first-order chi connectivity index (χ1) is 12.6. The lowest BCUT2D eigenvalue weighted by Gasteiger charge is -2.24. The second-order valence-electron chi connectivity index (χ2n) is 6.03. The molecule has 2 N–H and O–H groups in total. The van der Waals surface area contributed by atoms with Crippen molar-refractivity contribution in [3.8, 4) is 0 Å². The van der Waals surface area contributed by atoms with E-state index in [1.807, 2.05) is 6.07 Å². The lowest BCUT2D eigenvalue weighted by Crippen LogP contribution is -2.43. The minimum absolute atomic E-state index is 0.0750. The summed E-state index contributed by atoms with van der Waals surface area (Å²) in [4.78, 5) is 43.6. The number of anilines is 2. The van der Waals surface area contributed by atoms with Gasteiger partial charge >= 0.3 is 0 Å². The first kappa shape index (κ1) is 17.0. The number of nitrogens with zero attached hydrogens (tertiary/aromatic N) is 2. The summed E-state index contributed by atoms with van der Waals surface area (Å²) in [6.45, 7) is 0.535. The maximum Gasteiger partial charge on any atom is 0.254 e. The summed E-state index contributed by atoms with van der Waals surface area (Å²) in [6, 6.07) is 4.77. The summed E-state index contributed by atoms with van der Waals surface area (Å²) >= 11 is 2.79. The molecule has 3 amide bonds. The fourth-order valence-electron chi connectivity index (χ4n) is 3.14. The zero-order valence-electron chi connectivity index (χ0n) is 13.7. The average molecular weight is 388 g/mol. The molecule has 0 bridgehead atoms. The molecule has 3 heterocycles. The molecular formula is C17H16N4O3S2. The fraction of sp³-hybridized carbons (Fsp3) is 0.294. The molecule has 0 radical (unpaired) electrons. The van der Waals surface area contributed by atoms with Crippen LogP contribution >= 0.6 is 23.1 Å². The molecule has 1 fully saturated rings. The molecule has 2 aliphatic rings. The maximum atomic E-state index is 12.9. The lowest BCUT2D eigenvalue weighted by molar-refractivity contribution is -0.119. The van der Waals surface area contributed by atoms with Gasteiger partial charge < -0.3 is 15.5 Å². The van der Waals surface area contributed by atoms with Crippen LogP contribution < -0.4 is 10.6 Å². The van der Waals surface area contributed by atoms with Gasteiger partial charge in [-0.2, -0.15) is 0 Å². The van der Waals surface area contributed by atoms with Gasteiger partial charge in [0.2, 0.25) is 11.8 Å². The standard InChI is InChI=1S/C17H16N4O3S2/c22-14-9-26-13-4-3-10(8-11(13)19-14)16(24)21-6-1-2-12(21)15(23)20-17-18-5-7-25-17/h3-5,7-8,12H,1-2,6,9H2,(H,19,22)(H,18,20,23). The Morgan fingerprint density at radius 3 is 3.04 bits per heavy atom. The molecule has 0 saturated carbocycles. The first-order valence-corrected chi connectivity index (χ1v) is 10.1. The third kappa shape index (κ3) is 3.32. The van der Waals surface area contributed by atoms with E-state index in [2.05, 4.69) is 15.6 Å². The van der Waals surface area contributed by atoms with E-state index >= 15 is 0 Å². The highest BCUT2D eigenvalue weighted by Gasteiger charge is 2.35. The van der Waals surface area contributed by atoms with E-state index in [1.165, 1.54) is 23.1 Å². The highest BCUT2D eigenvalue weighted by molar-refractivity contribution is 8.00. The van der Waals surface area contributed by atoms with Gasteiger partial charge in [-0.15, -0.1) is 23.1 Å². The van der Waals surface area contributed by atoms with Crippen molar-refractivity contribution in [2.45, 2.75) is 23.8 Å². The molecule has 2 aliphatic heterocycles. The number of thioether (sulfide) groups is 1. The summed E-state index contributed by atoms with van der Waals surface area (Å²) in [5.74, 6) is -0.109. The molecular weight excluding hydrogens is 372 g/mol. The highest BCUT2D eigenvalue weighted by atomic mass is 32.2. The first-order valence-electron chi connectivity index (χ1n) is 8.20. The van der Waals surface area contributed by atoms with Crippen molar-refractivity contribution in [1.29, 1.82) is 0 Å². The van der Waals surface area contributed by atoms with Crippen LogP contribution in [0.15, 0.2) is 34.7 Å². The molecule has 1 atom stereocenters. The second kappa shape index (κ2) is 7.08. The minimum atomic E-state index is -0.508. The Labute approximate surface area is 158 Å². The Morgan fingerprint density at radius 2 is 2.23 bits per heavy atom. The second-order valence-corrected chi connectivity index (χ2v) is 7.94. The number of carbonyl (C=O) groups excluding carboxylic acids is 3. The summed E-state index contributed by atoms with van der Waals surface area (Å²) < 4.78 is 0. The molecule has 1 unspecified atom stereocenters. The van der Waals surface area contributed by atoms with E-state index in [0.717, 1.165) is 11.3 Å². The molecule has 1 aromatic carbocycles. The van der Waals surface area contributed by atoms with Crippen LogP contribution in [0.25, 0.3) is 0 Å². The minimum Gasteiger partial charge on any atom is -0.327 e. The Hall–Kier alpha value is -2.39. The van der Waals surface area contributed by atoms with E-state index in [4.69, 9.17) is 0 Å². The highest BCUT2D eigenvalue weighted by Crippen LogP contribution is 2.33. The largest absolute Gasteiger partial charge is 0.327 e. The number of hydrogen-bond acceptors (Lipinski definition) is 6. The van der Waals surface area contributed by atoms with Gasteiger partial charge in [0.1, 0.15) is 6.04 Å². The SMILES string of the molecule is O=C1CSc2ccc(C(=O)N3CCCC3C(=O)Nc3nccs3)cc2N1. The van der Waals surface area contributed by atoms with E-state index in [9.17, 15) is 14.4 Å². The van der Waals surface area contributed by atoms with E-state index < -0.39 is 6.04 Å². The number of rotatable bonds is 3. The zero-order valence-corrected chi connectivity index (χ0v) is 15.4. The van der Waals surface area contributed by atoms with Crippen molar-refractivity contribution < 1.29 is 14.4 Å². The summed E-state index contributed by atoms with van der Waals surface area (Å²) in [5, 5.41) is 7.88. The summed E-state index contributed by atoms with van der Waals surface area (Å²) in [5.41, 5.74) is 1.13. The molecule has 1 saturated heterocycles. The molecule has 26 heavy (non-hydrogen) atoms. The lowest BCUT2D eigenvalue weighted by atomic mass is 10.1. The number of nitrogens with one attached hydrogen (secondary N) is 2. The van der Waals surface area contributed by atoms with Crippen LogP contribution in [-0.2, 0) is 9.59 Å². The van der Waals surface area contributed by atoms with Gasteiger partial charge in [0, 0.05) is 28.6 Å². The number of likely N-dealkylation sites (tertiary alicyclic amines) is 1. The van der Waals surface area contributed by atoms with Crippen LogP contribution in [0.1, 0.15) is 23.2 Å². The van der Waals surface area contributed by atoms with Gasteiger partial charge in [-0.25, -0.2) is 4.98 Å². The Balaban J connectivity index is 1.52. The van der Waals surface area contributed by atoms with E-state index in [1.54, 1.807) is 28.6 Å². The third-order valence-corrected chi connectivity index (χ3v) is 6.10. The van der Waals surface area contributed by atoms with Crippen LogP contribution in [0.5, 0.6) is 0 Å². The maximum absolute atomic E-state index is 12.9. The van der Waals surface area contributed by atoms with Crippen LogP contribution in [0.4, 0.5) is 10.8 Å². The van der Waals surface area contributed by atoms with Crippen LogP contribution in [0.2, 0.25) is 0 Å². The topological polar surface area (TPSA) is 91.4 Å². The Morgan fingerprint density at radius 1 is 1.35 bits per heavy atom. The van der Waals surface area contributed by atoms with E-state index in [0.29, 0.717) is 35.1 Å². The number of benzene rings is 1. The molecule has 1 aromatic heterocycles. The fourth-order valence-corrected chi connectivity index (χ4v) is 4.46. The Bertz CT molecular complexity index is 869. The zero-order chi connectivity index (χ0) is 18.1. The molecule has 0 aliphatic carbocycles. The van der Waals surface area contributed by atoms with Gasteiger partial charge in [-0.05, 0) is 31.0 Å².